The zero-order valence-electron chi connectivity index (χ0n) is 11.7. The molecule has 0 spiro atoms. The fourth-order valence-electron chi connectivity index (χ4n) is 2.46. The minimum Gasteiger partial charge on any atom is -0.508 e. The maximum absolute atomic E-state index is 11.1. The van der Waals surface area contributed by atoms with Crippen LogP contribution < -0.4 is 0 Å². The van der Waals surface area contributed by atoms with Crippen LogP contribution in [0.1, 0.15) is 23.6 Å². The van der Waals surface area contributed by atoms with Crippen LogP contribution in [0.3, 0.4) is 0 Å². The fourth-order valence-corrected chi connectivity index (χ4v) is 2.46. The molecule has 1 aliphatic heterocycles. The summed E-state index contributed by atoms with van der Waals surface area (Å²) < 4.78 is 5.76. The highest BCUT2D eigenvalue weighted by molar-refractivity contribution is 5.95. The highest BCUT2D eigenvalue weighted by Gasteiger charge is 2.34. The zero-order chi connectivity index (χ0) is 15.5. The first-order valence-electron chi connectivity index (χ1n) is 6.94. The lowest BCUT2D eigenvalue weighted by atomic mass is 10.0. The van der Waals surface area contributed by atoms with Crippen molar-refractivity contribution in [3.8, 4) is 5.75 Å². The first-order chi connectivity index (χ1) is 10.6. The van der Waals surface area contributed by atoms with Crippen LogP contribution in [0, 0.1) is 0 Å². The number of hydrogen-bond donors (Lipinski definition) is 2. The summed E-state index contributed by atoms with van der Waals surface area (Å²) in [6.45, 7) is 0. The molecule has 0 saturated heterocycles. The Morgan fingerprint density at radius 3 is 2.41 bits per heavy atom. The van der Waals surface area contributed by atoms with Crippen LogP contribution in [0.5, 0.6) is 5.75 Å². The summed E-state index contributed by atoms with van der Waals surface area (Å²) in [5.41, 5.74) is 1.63. The Morgan fingerprint density at radius 1 is 1.09 bits per heavy atom. The van der Waals surface area contributed by atoms with E-state index in [9.17, 15) is 9.90 Å². The van der Waals surface area contributed by atoms with Crippen LogP contribution in [-0.4, -0.2) is 28.2 Å². The zero-order valence-corrected chi connectivity index (χ0v) is 11.7. The third-order valence-electron chi connectivity index (χ3n) is 3.50. The number of phenols is 1. The summed E-state index contributed by atoms with van der Waals surface area (Å²) in [5, 5.41) is 18.4. The second-order valence-electron chi connectivity index (χ2n) is 5.09. The molecular formula is C17H15NO4. The number of aromatic hydroxyl groups is 1. The van der Waals surface area contributed by atoms with E-state index in [0.717, 1.165) is 11.1 Å². The Kier molecular flexibility index (Phi) is 3.78. The number of carboxylic acid groups (broad SMARTS) is 1. The molecule has 0 saturated carbocycles. The van der Waals surface area contributed by atoms with Gasteiger partial charge in [0.05, 0.1) is 6.42 Å². The van der Waals surface area contributed by atoms with Crippen LogP contribution in [0.25, 0.3) is 0 Å². The number of hydrogen-bond acceptors (Lipinski definition) is 4. The Morgan fingerprint density at radius 2 is 1.77 bits per heavy atom. The number of phenolic OH excluding ortho intramolecular Hbond substituents is 1. The molecule has 2 atom stereocenters. The van der Waals surface area contributed by atoms with Crippen molar-refractivity contribution in [1.29, 1.82) is 0 Å². The van der Waals surface area contributed by atoms with E-state index in [1.54, 1.807) is 24.3 Å². The van der Waals surface area contributed by atoms with Crippen molar-refractivity contribution >= 4 is 11.9 Å². The quantitative estimate of drug-likeness (QED) is 0.909. The molecule has 0 radical (unpaired) electrons. The Bertz CT molecular complexity index is 694. The van der Waals surface area contributed by atoms with Crippen LogP contribution in [-0.2, 0) is 9.53 Å². The van der Waals surface area contributed by atoms with Gasteiger partial charge in [0.25, 0.3) is 0 Å². The van der Waals surface area contributed by atoms with E-state index in [2.05, 4.69) is 4.99 Å². The Balaban J connectivity index is 1.93. The highest BCUT2D eigenvalue weighted by Crippen LogP contribution is 2.33. The molecule has 0 fully saturated rings. The minimum atomic E-state index is -0.932. The Labute approximate surface area is 127 Å². The van der Waals surface area contributed by atoms with E-state index in [4.69, 9.17) is 9.84 Å². The smallest absolute Gasteiger partial charge is 0.307 e. The molecule has 3 rings (SSSR count). The number of aliphatic carboxylic acids is 1. The van der Waals surface area contributed by atoms with Gasteiger partial charge in [-0.25, -0.2) is 4.99 Å². The number of nitrogens with zero attached hydrogens (tertiary/aromatic N) is 1. The van der Waals surface area contributed by atoms with Crippen molar-refractivity contribution in [3.63, 3.8) is 0 Å². The fraction of sp³-hybridized carbons (Fsp3) is 0.176. The molecule has 0 aliphatic carbocycles. The molecule has 0 aromatic heterocycles. The molecule has 5 nitrogen and oxygen atoms in total. The van der Waals surface area contributed by atoms with E-state index < -0.39 is 18.1 Å². The molecule has 0 bridgehead atoms. The van der Waals surface area contributed by atoms with Crippen LogP contribution in [0.4, 0.5) is 0 Å². The normalized spacial score (nSPS) is 20.3. The summed E-state index contributed by atoms with van der Waals surface area (Å²) in [7, 11) is 0. The van der Waals surface area contributed by atoms with Crippen molar-refractivity contribution in [2.75, 3.05) is 0 Å². The second-order valence-corrected chi connectivity index (χ2v) is 5.09. The number of aliphatic imine (C=N–C) groups is 1. The first-order valence-corrected chi connectivity index (χ1v) is 6.94. The molecule has 2 aromatic carbocycles. The third-order valence-corrected chi connectivity index (χ3v) is 3.50. The van der Waals surface area contributed by atoms with Crippen LogP contribution >= 0.6 is 0 Å². The van der Waals surface area contributed by atoms with Crippen molar-refractivity contribution in [2.24, 2.45) is 4.99 Å². The molecule has 2 aromatic rings. The highest BCUT2D eigenvalue weighted by atomic mass is 16.5. The van der Waals surface area contributed by atoms with Gasteiger partial charge in [-0.1, -0.05) is 30.3 Å². The Hall–Kier alpha value is -2.82. The summed E-state index contributed by atoms with van der Waals surface area (Å²) in [4.78, 5) is 15.6. The molecular weight excluding hydrogens is 282 g/mol. The predicted molar refractivity (Wildman–Crippen MR) is 81.0 cm³/mol. The average molecular weight is 297 g/mol. The molecule has 1 heterocycles. The van der Waals surface area contributed by atoms with Crippen LogP contribution in [0.15, 0.2) is 59.6 Å². The van der Waals surface area contributed by atoms with Crippen molar-refractivity contribution < 1.29 is 19.7 Å². The first kappa shape index (κ1) is 14.1. The van der Waals surface area contributed by atoms with Gasteiger partial charge in [0.15, 0.2) is 0 Å². The topological polar surface area (TPSA) is 79.1 Å². The van der Waals surface area contributed by atoms with Gasteiger partial charge in [-0.05, 0) is 29.8 Å². The van der Waals surface area contributed by atoms with Crippen molar-refractivity contribution in [1.82, 2.24) is 0 Å². The number of benzene rings is 2. The number of ether oxygens (including phenoxy) is 1. The minimum absolute atomic E-state index is 0.134. The molecule has 2 N–H and O–H groups in total. The number of carbonyl (C=O) groups is 1. The molecule has 22 heavy (non-hydrogen) atoms. The summed E-state index contributed by atoms with van der Waals surface area (Å²) in [5.74, 6) is -0.326. The SMILES string of the molecule is O=C(O)C[C@@H]1OC(c2ccccc2)=N[C@H]1c1ccc(O)cc1. The van der Waals surface area contributed by atoms with E-state index in [1.807, 2.05) is 30.3 Å². The average Bonchev–Trinajstić information content (AvgIpc) is 2.92. The standard InChI is InChI=1S/C17H15NO4/c19-13-8-6-11(7-9-13)16-14(10-15(20)21)22-17(18-16)12-4-2-1-3-5-12/h1-9,14,16,19H,10H2,(H,20,21)/t14-,16-/m0/s1. The molecule has 112 valence electrons. The van der Waals surface area contributed by atoms with Gasteiger partial charge in [0.2, 0.25) is 5.90 Å². The van der Waals surface area contributed by atoms with E-state index in [1.165, 1.54) is 0 Å². The molecule has 0 amide bonds. The van der Waals surface area contributed by atoms with Crippen molar-refractivity contribution in [2.45, 2.75) is 18.6 Å². The van der Waals surface area contributed by atoms with Crippen LogP contribution in [0.2, 0.25) is 0 Å². The predicted octanol–water partition coefficient (Wildman–Crippen LogP) is 2.75. The van der Waals surface area contributed by atoms with E-state index in [0.29, 0.717) is 5.90 Å². The third kappa shape index (κ3) is 2.93. The number of carboxylic acids is 1. The van der Waals surface area contributed by atoms with Gasteiger partial charge in [0, 0.05) is 5.56 Å². The molecule has 0 unspecified atom stereocenters. The van der Waals surface area contributed by atoms with Gasteiger partial charge >= 0.3 is 5.97 Å². The lowest BCUT2D eigenvalue weighted by Crippen LogP contribution is -2.21. The van der Waals surface area contributed by atoms with Gasteiger partial charge < -0.3 is 14.9 Å². The summed E-state index contributed by atoms with van der Waals surface area (Å²) in [6, 6.07) is 15.6. The lowest BCUT2D eigenvalue weighted by molar-refractivity contribution is -0.139. The van der Waals surface area contributed by atoms with Gasteiger partial charge in [-0.2, -0.15) is 0 Å². The second kappa shape index (κ2) is 5.89. The maximum atomic E-state index is 11.1. The van der Waals surface area contributed by atoms with Crippen molar-refractivity contribution in [3.05, 3.63) is 65.7 Å². The molecule has 5 heteroatoms. The van der Waals surface area contributed by atoms with Gasteiger partial charge in [-0.3, -0.25) is 4.79 Å². The van der Waals surface area contributed by atoms with E-state index in [-0.39, 0.29) is 12.2 Å². The van der Waals surface area contributed by atoms with Gasteiger partial charge in [-0.15, -0.1) is 0 Å². The summed E-state index contributed by atoms with van der Waals surface area (Å²) >= 11 is 0. The summed E-state index contributed by atoms with van der Waals surface area (Å²) in [6.07, 6.45) is -0.692. The van der Waals surface area contributed by atoms with Gasteiger partial charge in [0.1, 0.15) is 17.9 Å². The lowest BCUT2D eigenvalue weighted by Gasteiger charge is -2.16. The van der Waals surface area contributed by atoms with E-state index >= 15 is 0 Å². The molecule has 1 aliphatic rings. The monoisotopic (exact) mass is 297 g/mol. The maximum Gasteiger partial charge on any atom is 0.307 e. The number of rotatable bonds is 4. The largest absolute Gasteiger partial charge is 0.508 e.